The van der Waals surface area contributed by atoms with Crippen LogP contribution in [0.25, 0.3) is 5.69 Å². The molecule has 1 aromatic heterocycles. The van der Waals surface area contributed by atoms with E-state index in [0.29, 0.717) is 5.82 Å². The van der Waals surface area contributed by atoms with Crippen LogP contribution < -0.4 is 10.6 Å². The van der Waals surface area contributed by atoms with Crippen LogP contribution in [0.3, 0.4) is 0 Å². The van der Waals surface area contributed by atoms with Crippen LogP contribution in [0.15, 0.2) is 36.4 Å². The van der Waals surface area contributed by atoms with Gasteiger partial charge in [0, 0.05) is 18.3 Å². The highest BCUT2D eigenvalue weighted by Gasteiger charge is 2.30. The second-order valence-electron chi connectivity index (χ2n) is 7.14. The fourth-order valence-electron chi connectivity index (χ4n) is 3.75. The Morgan fingerprint density at radius 1 is 1.20 bits per heavy atom. The van der Waals surface area contributed by atoms with Gasteiger partial charge in [0.05, 0.1) is 5.69 Å². The third-order valence-corrected chi connectivity index (χ3v) is 5.42. The zero-order valence-electron chi connectivity index (χ0n) is 15.2. The lowest BCUT2D eigenvalue weighted by molar-refractivity contribution is 0.175. The van der Waals surface area contributed by atoms with Gasteiger partial charge in [-0.25, -0.2) is 9.48 Å². The molecule has 1 aliphatic carbocycles. The minimum Gasteiger partial charge on any atom is -0.337 e. The summed E-state index contributed by atoms with van der Waals surface area (Å²) in [5.74, 6) is 0.577. The number of nitrogens with one attached hydrogen (secondary N) is 2. The molecule has 1 saturated carbocycles. The third-order valence-electron chi connectivity index (χ3n) is 5.42. The molecule has 0 bridgehead atoms. The number of para-hydroxylation sites is 1. The van der Waals surface area contributed by atoms with Crippen molar-refractivity contribution in [2.45, 2.75) is 52.4 Å². The van der Waals surface area contributed by atoms with Gasteiger partial charge in [0.2, 0.25) is 0 Å². The van der Waals surface area contributed by atoms with E-state index in [-0.39, 0.29) is 11.4 Å². The van der Waals surface area contributed by atoms with Crippen molar-refractivity contribution >= 4 is 11.8 Å². The first-order valence-corrected chi connectivity index (χ1v) is 9.29. The molecule has 0 spiro atoms. The average molecular weight is 340 g/mol. The topological polar surface area (TPSA) is 59.0 Å². The van der Waals surface area contributed by atoms with Gasteiger partial charge in [-0.1, -0.05) is 44.4 Å². The van der Waals surface area contributed by atoms with Crippen LogP contribution in [0.4, 0.5) is 10.6 Å². The molecule has 2 N–H and O–H groups in total. The van der Waals surface area contributed by atoms with Crippen LogP contribution in [0.1, 0.15) is 51.1 Å². The predicted octanol–water partition coefficient (Wildman–Crippen LogP) is 4.66. The third kappa shape index (κ3) is 4.21. The minimum atomic E-state index is -0.170. The average Bonchev–Trinajstić information content (AvgIpc) is 3.01. The molecule has 0 saturated heterocycles. The molecule has 5 nitrogen and oxygen atoms in total. The number of hydrogen-bond acceptors (Lipinski definition) is 2. The summed E-state index contributed by atoms with van der Waals surface area (Å²) in [4.78, 5) is 12.3. The molecule has 134 valence electrons. The molecular weight excluding hydrogens is 312 g/mol. The predicted molar refractivity (Wildman–Crippen MR) is 101 cm³/mol. The van der Waals surface area contributed by atoms with Crippen molar-refractivity contribution in [3.8, 4) is 5.69 Å². The van der Waals surface area contributed by atoms with Crippen molar-refractivity contribution in [1.29, 1.82) is 0 Å². The molecule has 2 amide bonds. The van der Waals surface area contributed by atoms with E-state index in [0.717, 1.165) is 24.3 Å². The van der Waals surface area contributed by atoms with E-state index in [1.54, 1.807) is 0 Å². The normalized spacial score (nSPS) is 16.4. The number of anilines is 1. The Bertz CT molecular complexity index is 702. The summed E-state index contributed by atoms with van der Waals surface area (Å²) < 4.78 is 1.84. The lowest BCUT2D eigenvalue weighted by atomic mass is 9.72. The number of carbonyl (C=O) groups excluding carboxylic acids is 1. The first-order valence-electron chi connectivity index (χ1n) is 9.29. The van der Waals surface area contributed by atoms with Crippen molar-refractivity contribution in [2.24, 2.45) is 5.41 Å². The second kappa shape index (κ2) is 7.72. The molecule has 1 heterocycles. The fourth-order valence-corrected chi connectivity index (χ4v) is 3.75. The molecule has 1 aliphatic rings. The summed E-state index contributed by atoms with van der Waals surface area (Å²) in [7, 11) is 0. The molecule has 1 aromatic carbocycles. The summed E-state index contributed by atoms with van der Waals surface area (Å²) in [6.07, 6.45) is 7.42. The number of nitrogens with zero attached hydrogens (tertiary/aromatic N) is 2. The molecule has 0 atom stereocenters. The zero-order valence-corrected chi connectivity index (χ0v) is 15.2. The smallest absolute Gasteiger partial charge is 0.320 e. The fraction of sp³-hybridized carbons (Fsp3) is 0.500. The van der Waals surface area contributed by atoms with E-state index in [2.05, 4.69) is 22.7 Å². The number of carbonyl (C=O) groups is 1. The van der Waals surface area contributed by atoms with E-state index >= 15 is 0 Å². The van der Waals surface area contributed by atoms with Gasteiger partial charge in [-0.15, -0.1) is 5.10 Å². The van der Waals surface area contributed by atoms with Gasteiger partial charge in [0.1, 0.15) is 0 Å². The first-order chi connectivity index (χ1) is 12.1. The first kappa shape index (κ1) is 17.5. The number of benzene rings is 1. The monoisotopic (exact) mass is 340 g/mol. The zero-order chi connectivity index (χ0) is 17.7. The number of aryl methyl sites for hydroxylation is 1. The van der Waals surface area contributed by atoms with Crippen LogP contribution in [-0.2, 0) is 0 Å². The maximum absolute atomic E-state index is 12.3. The van der Waals surface area contributed by atoms with Gasteiger partial charge in [0.25, 0.3) is 0 Å². The van der Waals surface area contributed by atoms with E-state index in [1.807, 2.05) is 48.0 Å². The van der Waals surface area contributed by atoms with Gasteiger partial charge in [0.15, 0.2) is 5.82 Å². The van der Waals surface area contributed by atoms with Crippen molar-refractivity contribution in [3.05, 3.63) is 42.1 Å². The Morgan fingerprint density at radius 2 is 1.92 bits per heavy atom. The maximum Gasteiger partial charge on any atom is 0.320 e. The molecule has 5 heteroatoms. The summed E-state index contributed by atoms with van der Waals surface area (Å²) in [6, 6.07) is 11.6. The number of rotatable bonds is 5. The molecule has 3 rings (SSSR count). The Morgan fingerprint density at radius 3 is 2.60 bits per heavy atom. The van der Waals surface area contributed by atoms with Crippen molar-refractivity contribution in [3.63, 3.8) is 0 Å². The maximum atomic E-state index is 12.3. The van der Waals surface area contributed by atoms with Crippen LogP contribution in [-0.4, -0.2) is 22.4 Å². The van der Waals surface area contributed by atoms with Crippen LogP contribution >= 0.6 is 0 Å². The second-order valence-corrected chi connectivity index (χ2v) is 7.14. The molecule has 25 heavy (non-hydrogen) atoms. The largest absolute Gasteiger partial charge is 0.337 e. The van der Waals surface area contributed by atoms with Crippen LogP contribution in [0.5, 0.6) is 0 Å². The van der Waals surface area contributed by atoms with Crippen molar-refractivity contribution < 1.29 is 4.79 Å². The SMILES string of the molecule is CCC1(CNC(=O)Nc2cc(C)n(-c3ccccc3)n2)CCCCC1. The molecule has 0 aliphatic heterocycles. The van der Waals surface area contributed by atoms with Gasteiger partial charge >= 0.3 is 6.03 Å². The summed E-state index contributed by atoms with van der Waals surface area (Å²) >= 11 is 0. The highest BCUT2D eigenvalue weighted by atomic mass is 16.2. The van der Waals surface area contributed by atoms with E-state index in [4.69, 9.17) is 0 Å². The molecular formula is C20H28N4O. The lowest BCUT2D eigenvalue weighted by Crippen LogP contribution is -2.40. The molecule has 1 fully saturated rings. The van der Waals surface area contributed by atoms with Gasteiger partial charge < -0.3 is 5.32 Å². The quantitative estimate of drug-likeness (QED) is 0.831. The standard InChI is InChI=1S/C20H28N4O/c1-3-20(12-8-5-9-13-20)15-21-19(25)22-18-14-16(2)24(23-18)17-10-6-4-7-11-17/h4,6-7,10-11,14H,3,5,8-9,12-13,15H2,1-2H3,(H2,21,22,23,25). The molecule has 0 radical (unpaired) electrons. The minimum absolute atomic E-state index is 0.170. The Balaban J connectivity index is 1.60. The number of hydrogen-bond donors (Lipinski definition) is 2. The summed E-state index contributed by atoms with van der Waals surface area (Å²) in [5.41, 5.74) is 2.24. The molecule has 0 unspecified atom stereocenters. The van der Waals surface area contributed by atoms with Gasteiger partial charge in [-0.05, 0) is 43.7 Å². The number of amides is 2. The van der Waals surface area contributed by atoms with E-state index in [1.165, 1.54) is 32.1 Å². The molecule has 2 aromatic rings. The van der Waals surface area contributed by atoms with Gasteiger partial charge in [-0.2, -0.15) is 0 Å². The van der Waals surface area contributed by atoms with Crippen LogP contribution in [0, 0.1) is 12.3 Å². The lowest BCUT2D eigenvalue weighted by Gasteiger charge is -2.36. The van der Waals surface area contributed by atoms with Crippen molar-refractivity contribution in [2.75, 3.05) is 11.9 Å². The summed E-state index contributed by atoms with van der Waals surface area (Å²) in [6.45, 7) is 4.96. The van der Waals surface area contributed by atoms with E-state index in [9.17, 15) is 4.79 Å². The Labute approximate surface area is 149 Å². The Kier molecular flexibility index (Phi) is 5.41. The number of aromatic nitrogens is 2. The number of urea groups is 1. The Hall–Kier alpha value is -2.30. The van der Waals surface area contributed by atoms with E-state index < -0.39 is 0 Å². The van der Waals surface area contributed by atoms with Gasteiger partial charge in [-0.3, -0.25) is 5.32 Å². The van der Waals surface area contributed by atoms with Crippen molar-refractivity contribution in [1.82, 2.24) is 15.1 Å². The van der Waals surface area contributed by atoms with Crippen LogP contribution in [0.2, 0.25) is 0 Å². The summed E-state index contributed by atoms with van der Waals surface area (Å²) in [5, 5.41) is 10.4. The highest BCUT2D eigenvalue weighted by molar-refractivity contribution is 5.88. The highest BCUT2D eigenvalue weighted by Crippen LogP contribution is 2.38.